The van der Waals surface area contributed by atoms with Gasteiger partial charge in [-0.15, -0.1) is 0 Å². The van der Waals surface area contributed by atoms with Crippen molar-refractivity contribution in [3.05, 3.63) is 95.2 Å². The molecule has 1 amide bonds. The van der Waals surface area contributed by atoms with Gasteiger partial charge in [-0.3, -0.25) is 4.79 Å². The Morgan fingerprint density at radius 2 is 1.77 bits per heavy atom. The molecule has 0 radical (unpaired) electrons. The van der Waals surface area contributed by atoms with Gasteiger partial charge < -0.3 is 19.3 Å². The van der Waals surface area contributed by atoms with Gasteiger partial charge in [0.25, 0.3) is 5.91 Å². The number of nitrogens with zero attached hydrogens (tertiary/aromatic N) is 1. The number of benzene rings is 3. The van der Waals surface area contributed by atoms with E-state index in [1.165, 1.54) is 0 Å². The molecule has 0 bridgehead atoms. The molecule has 0 aliphatic carbocycles. The summed E-state index contributed by atoms with van der Waals surface area (Å²) in [7, 11) is 1.60. The molecule has 0 aliphatic heterocycles. The zero-order chi connectivity index (χ0) is 21.6. The summed E-state index contributed by atoms with van der Waals surface area (Å²) in [6.45, 7) is 0.0927. The summed E-state index contributed by atoms with van der Waals surface area (Å²) in [5.41, 5.74) is 2.44. The van der Waals surface area contributed by atoms with E-state index in [1.54, 1.807) is 43.5 Å². The van der Waals surface area contributed by atoms with Crippen molar-refractivity contribution in [1.82, 2.24) is 5.16 Å². The highest BCUT2D eigenvalue weighted by atomic mass is 35.5. The van der Waals surface area contributed by atoms with Crippen molar-refractivity contribution in [3.8, 4) is 22.8 Å². The predicted octanol–water partition coefficient (Wildman–Crippen LogP) is 5.83. The topological polar surface area (TPSA) is 73.6 Å². The molecule has 7 heteroatoms. The van der Waals surface area contributed by atoms with Crippen LogP contribution in [0.25, 0.3) is 11.3 Å². The lowest BCUT2D eigenvalue weighted by molar-refractivity contribution is 0.102. The third-order valence-electron chi connectivity index (χ3n) is 4.53. The number of aromatic nitrogens is 1. The highest BCUT2D eigenvalue weighted by molar-refractivity contribution is 6.31. The normalized spacial score (nSPS) is 10.5. The quantitative estimate of drug-likeness (QED) is 0.396. The number of hydrogen-bond donors (Lipinski definition) is 1. The van der Waals surface area contributed by atoms with Crippen LogP contribution in [0.4, 0.5) is 5.69 Å². The second kappa shape index (κ2) is 9.36. The van der Waals surface area contributed by atoms with Gasteiger partial charge in [-0.1, -0.05) is 47.1 Å². The van der Waals surface area contributed by atoms with Crippen molar-refractivity contribution in [2.24, 2.45) is 0 Å². The van der Waals surface area contributed by atoms with Crippen molar-refractivity contribution < 1.29 is 18.8 Å². The number of halogens is 1. The molecule has 0 atom stereocenters. The van der Waals surface area contributed by atoms with Gasteiger partial charge in [0, 0.05) is 22.3 Å². The number of methoxy groups -OCH3 is 1. The van der Waals surface area contributed by atoms with Crippen molar-refractivity contribution in [1.29, 1.82) is 0 Å². The number of ether oxygens (including phenoxy) is 2. The van der Waals surface area contributed by atoms with E-state index in [1.807, 2.05) is 42.5 Å². The summed E-state index contributed by atoms with van der Waals surface area (Å²) in [5.74, 6) is 1.26. The summed E-state index contributed by atoms with van der Waals surface area (Å²) >= 11 is 6.10. The van der Waals surface area contributed by atoms with E-state index in [2.05, 4.69) is 10.5 Å². The van der Waals surface area contributed by atoms with Crippen molar-refractivity contribution in [3.63, 3.8) is 0 Å². The summed E-state index contributed by atoms with van der Waals surface area (Å²) < 4.78 is 16.6. The Balaban J connectivity index is 1.50. The number of anilines is 1. The summed E-state index contributed by atoms with van der Waals surface area (Å²) in [5, 5.41) is 7.37. The first-order valence-corrected chi connectivity index (χ1v) is 9.89. The average Bonchev–Trinajstić information content (AvgIpc) is 3.27. The fourth-order valence-corrected chi connectivity index (χ4v) is 3.21. The summed E-state index contributed by atoms with van der Waals surface area (Å²) in [6, 6.07) is 23.3. The molecule has 31 heavy (non-hydrogen) atoms. The fourth-order valence-electron chi connectivity index (χ4n) is 3.04. The lowest BCUT2D eigenvalue weighted by Gasteiger charge is -2.11. The molecule has 6 nitrogen and oxygen atoms in total. The van der Waals surface area contributed by atoms with Crippen LogP contribution in [0.5, 0.6) is 11.5 Å². The third kappa shape index (κ3) is 4.87. The number of rotatable bonds is 7. The van der Waals surface area contributed by atoms with Crippen LogP contribution in [-0.2, 0) is 6.61 Å². The second-order valence-corrected chi connectivity index (χ2v) is 7.06. The van der Waals surface area contributed by atoms with E-state index in [0.717, 1.165) is 5.56 Å². The van der Waals surface area contributed by atoms with Crippen LogP contribution in [0, 0.1) is 0 Å². The Hall–Kier alpha value is -3.77. The van der Waals surface area contributed by atoms with E-state index >= 15 is 0 Å². The molecule has 0 saturated carbocycles. The van der Waals surface area contributed by atoms with Crippen LogP contribution in [0.3, 0.4) is 0 Å². The monoisotopic (exact) mass is 434 g/mol. The number of para-hydroxylation sites is 2. The first kappa shape index (κ1) is 20.5. The summed E-state index contributed by atoms with van der Waals surface area (Å²) in [4.78, 5) is 12.8. The van der Waals surface area contributed by atoms with Crippen LogP contribution in [0.1, 0.15) is 16.1 Å². The highest BCUT2D eigenvalue weighted by Gasteiger charge is 2.16. The number of amides is 1. The van der Waals surface area contributed by atoms with Crippen LogP contribution in [0.15, 0.2) is 83.4 Å². The highest BCUT2D eigenvalue weighted by Crippen LogP contribution is 2.30. The molecule has 156 valence electrons. The zero-order valence-electron chi connectivity index (χ0n) is 16.7. The van der Waals surface area contributed by atoms with Gasteiger partial charge in [-0.25, -0.2) is 0 Å². The van der Waals surface area contributed by atoms with Gasteiger partial charge in [0.05, 0.1) is 12.7 Å². The minimum absolute atomic E-state index is 0.0927. The number of carbonyl (C=O) groups excluding carboxylic acids is 1. The maximum atomic E-state index is 12.8. The maximum Gasteiger partial charge on any atom is 0.259 e. The van der Waals surface area contributed by atoms with E-state index in [0.29, 0.717) is 39.2 Å². The van der Waals surface area contributed by atoms with Gasteiger partial charge in [0.1, 0.15) is 23.8 Å². The number of carbonyl (C=O) groups is 1. The first-order chi connectivity index (χ1) is 15.1. The third-order valence-corrected chi connectivity index (χ3v) is 4.76. The molecular weight excluding hydrogens is 416 g/mol. The largest absolute Gasteiger partial charge is 0.496 e. The molecule has 1 N–H and O–H groups in total. The van der Waals surface area contributed by atoms with E-state index in [9.17, 15) is 4.79 Å². The molecule has 1 aromatic heterocycles. The molecular formula is C24H19ClN2O4. The molecule has 3 aromatic carbocycles. The van der Waals surface area contributed by atoms with Gasteiger partial charge >= 0.3 is 0 Å². The standard InChI is InChI=1S/C24H19ClN2O4/c1-29-22-10-6-5-9-19(22)21-14-18(31-27-21)15-30-23-12-11-16(25)13-20(23)24(28)26-17-7-3-2-4-8-17/h2-14H,15H2,1H3,(H,26,28). The predicted molar refractivity (Wildman–Crippen MR) is 119 cm³/mol. The molecule has 0 saturated heterocycles. The van der Waals surface area contributed by atoms with Crippen LogP contribution in [-0.4, -0.2) is 18.2 Å². The molecule has 0 spiro atoms. The van der Waals surface area contributed by atoms with Crippen LogP contribution >= 0.6 is 11.6 Å². The van der Waals surface area contributed by atoms with Crippen molar-refractivity contribution in [2.45, 2.75) is 6.61 Å². The zero-order valence-corrected chi connectivity index (χ0v) is 17.4. The Kier molecular flexibility index (Phi) is 6.19. The fraction of sp³-hybridized carbons (Fsp3) is 0.0833. The molecule has 0 unspecified atom stereocenters. The smallest absolute Gasteiger partial charge is 0.259 e. The van der Waals surface area contributed by atoms with Crippen LogP contribution < -0.4 is 14.8 Å². The molecule has 1 heterocycles. The molecule has 0 fully saturated rings. The number of nitrogens with one attached hydrogen (secondary N) is 1. The SMILES string of the molecule is COc1ccccc1-c1cc(COc2ccc(Cl)cc2C(=O)Nc2ccccc2)on1. The second-order valence-electron chi connectivity index (χ2n) is 6.63. The van der Waals surface area contributed by atoms with Gasteiger partial charge in [0.15, 0.2) is 5.76 Å². The van der Waals surface area contributed by atoms with Gasteiger partial charge in [0.2, 0.25) is 0 Å². The Bertz CT molecular complexity index is 1190. The lowest BCUT2D eigenvalue weighted by atomic mass is 10.1. The molecule has 0 aliphatic rings. The Morgan fingerprint density at radius 3 is 2.58 bits per heavy atom. The summed E-state index contributed by atoms with van der Waals surface area (Å²) in [6.07, 6.45) is 0. The Morgan fingerprint density at radius 1 is 1.00 bits per heavy atom. The Labute approximate surface area is 184 Å². The molecule has 4 rings (SSSR count). The minimum atomic E-state index is -0.323. The van der Waals surface area contributed by atoms with E-state index in [4.69, 9.17) is 25.6 Å². The first-order valence-electron chi connectivity index (χ1n) is 9.52. The average molecular weight is 435 g/mol. The van der Waals surface area contributed by atoms with Crippen LogP contribution in [0.2, 0.25) is 5.02 Å². The van der Waals surface area contributed by atoms with Crippen molar-refractivity contribution >= 4 is 23.2 Å². The van der Waals surface area contributed by atoms with Gasteiger partial charge in [-0.05, 0) is 42.5 Å². The van der Waals surface area contributed by atoms with E-state index in [-0.39, 0.29) is 12.5 Å². The molecule has 4 aromatic rings. The van der Waals surface area contributed by atoms with E-state index < -0.39 is 0 Å². The number of hydrogen-bond acceptors (Lipinski definition) is 5. The minimum Gasteiger partial charge on any atom is -0.496 e. The van der Waals surface area contributed by atoms with Crippen molar-refractivity contribution in [2.75, 3.05) is 12.4 Å². The maximum absolute atomic E-state index is 12.8. The lowest BCUT2D eigenvalue weighted by Crippen LogP contribution is -2.13. The van der Waals surface area contributed by atoms with Gasteiger partial charge in [-0.2, -0.15) is 0 Å².